The van der Waals surface area contributed by atoms with Crippen molar-refractivity contribution in [2.75, 3.05) is 0 Å². The van der Waals surface area contributed by atoms with Crippen molar-refractivity contribution < 1.29 is 0 Å². The Labute approximate surface area is 133 Å². The standard InChI is InChI=1S/C22H22/c1-2-3-10-18-15-16-21(19-11-6-4-7-12-19)22(17-18)20-13-8-5-9-14-20/h4-9,11-17H,2-3,10H2,1H3. The monoisotopic (exact) mass is 286 g/mol. The first-order valence-electron chi connectivity index (χ1n) is 8.12. The molecule has 0 unspecified atom stereocenters. The van der Waals surface area contributed by atoms with Crippen LogP contribution in [0.3, 0.4) is 0 Å². The van der Waals surface area contributed by atoms with E-state index in [9.17, 15) is 0 Å². The molecular formula is C22H22. The van der Waals surface area contributed by atoms with Crippen LogP contribution in [0.1, 0.15) is 25.3 Å². The largest absolute Gasteiger partial charge is 0.0654 e. The second-order valence-electron chi connectivity index (χ2n) is 5.72. The molecule has 0 aromatic heterocycles. The Balaban J connectivity index is 2.09. The van der Waals surface area contributed by atoms with Crippen molar-refractivity contribution in [3.63, 3.8) is 0 Å². The van der Waals surface area contributed by atoms with Crippen LogP contribution in [0.5, 0.6) is 0 Å². The lowest BCUT2D eigenvalue weighted by Gasteiger charge is -2.13. The maximum absolute atomic E-state index is 2.37. The Morgan fingerprint density at radius 1 is 0.636 bits per heavy atom. The molecule has 3 aromatic rings. The van der Waals surface area contributed by atoms with Crippen LogP contribution in [0.15, 0.2) is 78.9 Å². The van der Waals surface area contributed by atoms with Gasteiger partial charge in [-0.25, -0.2) is 0 Å². The zero-order valence-corrected chi connectivity index (χ0v) is 13.1. The topological polar surface area (TPSA) is 0 Å². The van der Waals surface area contributed by atoms with E-state index in [0.29, 0.717) is 0 Å². The molecule has 0 N–H and O–H groups in total. The summed E-state index contributed by atoms with van der Waals surface area (Å²) in [4.78, 5) is 0. The van der Waals surface area contributed by atoms with E-state index in [1.807, 2.05) is 0 Å². The predicted octanol–water partition coefficient (Wildman–Crippen LogP) is 6.36. The average Bonchev–Trinajstić information content (AvgIpc) is 2.61. The molecular weight excluding hydrogens is 264 g/mol. The van der Waals surface area contributed by atoms with E-state index in [4.69, 9.17) is 0 Å². The summed E-state index contributed by atoms with van der Waals surface area (Å²) in [5, 5.41) is 0. The smallest absolute Gasteiger partial charge is 0.0103 e. The zero-order valence-electron chi connectivity index (χ0n) is 13.1. The molecule has 0 radical (unpaired) electrons. The van der Waals surface area contributed by atoms with Crippen molar-refractivity contribution in [2.24, 2.45) is 0 Å². The van der Waals surface area contributed by atoms with Gasteiger partial charge in [0, 0.05) is 0 Å². The molecule has 3 rings (SSSR count). The van der Waals surface area contributed by atoms with E-state index in [-0.39, 0.29) is 0 Å². The maximum atomic E-state index is 2.37. The summed E-state index contributed by atoms with van der Waals surface area (Å²) in [6.07, 6.45) is 3.64. The third kappa shape index (κ3) is 3.28. The average molecular weight is 286 g/mol. The van der Waals surface area contributed by atoms with Crippen LogP contribution < -0.4 is 0 Å². The van der Waals surface area contributed by atoms with E-state index in [1.165, 1.54) is 40.7 Å². The quantitative estimate of drug-likeness (QED) is 0.511. The van der Waals surface area contributed by atoms with Crippen molar-refractivity contribution in [2.45, 2.75) is 26.2 Å². The lowest BCUT2D eigenvalue weighted by atomic mass is 9.92. The van der Waals surface area contributed by atoms with Crippen molar-refractivity contribution in [1.82, 2.24) is 0 Å². The molecule has 0 aliphatic carbocycles. The SMILES string of the molecule is CCCCc1ccc(-c2ccccc2)c(-c2ccccc2)c1. The molecule has 0 fully saturated rings. The number of hydrogen-bond acceptors (Lipinski definition) is 0. The van der Waals surface area contributed by atoms with Crippen LogP contribution in [0, 0.1) is 0 Å². The Hall–Kier alpha value is -2.34. The summed E-state index contributed by atoms with van der Waals surface area (Å²) < 4.78 is 0. The molecule has 0 atom stereocenters. The molecule has 0 spiro atoms. The van der Waals surface area contributed by atoms with Crippen LogP contribution in [0.25, 0.3) is 22.3 Å². The highest BCUT2D eigenvalue weighted by Crippen LogP contribution is 2.33. The molecule has 0 saturated heterocycles. The van der Waals surface area contributed by atoms with Crippen molar-refractivity contribution in [3.05, 3.63) is 84.4 Å². The van der Waals surface area contributed by atoms with Crippen LogP contribution in [-0.2, 0) is 6.42 Å². The molecule has 0 aliphatic rings. The normalized spacial score (nSPS) is 10.6. The molecule has 22 heavy (non-hydrogen) atoms. The van der Waals surface area contributed by atoms with Gasteiger partial charge in [-0.2, -0.15) is 0 Å². The summed E-state index contributed by atoms with van der Waals surface area (Å²) in [6, 6.07) is 28.3. The third-order valence-corrected chi connectivity index (χ3v) is 4.07. The minimum Gasteiger partial charge on any atom is -0.0654 e. The Morgan fingerprint density at radius 2 is 1.23 bits per heavy atom. The number of hydrogen-bond donors (Lipinski definition) is 0. The van der Waals surface area contributed by atoms with Gasteiger partial charge in [0.2, 0.25) is 0 Å². The first-order chi connectivity index (χ1) is 10.9. The summed E-state index contributed by atoms with van der Waals surface area (Å²) in [5.74, 6) is 0. The van der Waals surface area contributed by atoms with Crippen LogP contribution in [-0.4, -0.2) is 0 Å². The molecule has 0 nitrogen and oxygen atoms in total. The van der Waals surface area contributed by atoms with Crippen molar-refractivity contribution in [3.8, 4) is 22.3 Å². The first-order valence-corrected chi connectivity index (χ1v) is 8.12. The molecule has 0 heterocycles. The summed E-state index contributed by atoms with van der Waals surface area (Å²) >= 11 is 0. The fourth-order valence-electron chi connectivity index (χ4n) is 2.85. The summed E-state index contributed by atoms with van der Waals surface area (Å²) in [5.41, 5.74) is 6.65. The summed E-state index contributed by atoms with van der Waals surface area (Å²) in [7, 11) is 0. The molecule has 3 aromatic carbocycles. The minimum atomic E-state index is 1.16. The lowest BCUT2D eigenvalue weighted by molar-refractivity contribution is 0.795. The van der Waals surface area contributed by atoms with E-state index in [2.05, 4.69) is 85.8 Å². The Kier molecular flexibility index (Phi) is 4.70. The molecule has 0 heteroatoms. The first kappa shape index (κ1) is 14.6. The lowest BCUT2D eigenvalue weighted by Crippen LogP contribution is -1.90. The zero-order chi connectivity index (χ0) is 15.2. The van der Waals surface area contributed by atoms with Crippen molar-refractivity contribution >= 4 is 0 Å². The molecule has 0 saturated carbocycles. The Morgan fingerprint density at radius 3 is 1.82 bits per heavy atom. The second kappa shape index (κ2) is 7.09. The van der Waals surface area contributed by atoms with Gasteiger partial charge >= 0.3 is 0 Å². The summed E-state index contributed by atoms with van der Waals surface area (Å²) in [6.45, 7) is 2.25. The van der Waals surface area contributed by atoms with Gasteiger partial charge in [-0.15, -0.1) is 0 Å². The van der Waals surface area contributed by atoms with Gasteiger partial charge in [0.05, 0.1) is 0 Å². The van der Waals surface area contributed by atoms with E-state index < -0.39 is 0 Å². The highest BCUT2D eigenvalue weighted by atomic mass is 14.1. The van der Waals surface area contributed by atoms with Gasteiger partial charge in [-0.3, -0.25) is 0 Å². The van der Waals surface area contributed by atoms with E-state index in [1.54, 1.807) is 0 Å². The Bertz CT molecular complexity index is 712. The van der Waals surface area contributed by atoms with Crippen LogP contribution >= 0.6 is 0 Å². The number of benzene rings is 3. The predicted molar refractivity (Wildman–Crippen MR) is 95.9 cm³/mol. The van der Waals surface area contributed by atoms with Gasteiger partial charge in [0.1, 0.15) is 0 Å². The van der Waals surface area contributed by atoms with Crippen molar-refractivity contribution in [1.29, 1.82) is 0 Å². The fraction of sp³-hybridized carbons (Fsp3) is 0.182. The molecule has 0 bridgehead atoms. The molecule has 0 amide bonds. The van der Waals surface area contributed by atoms with Crippen LogP contribution in [0.2, 0.25) is 0 Å². The molecule has 0 aliphatic heterocycles. The highest BCUT2D eigenvalue weighted by Gasteiger charge is 2.08. The third-order valence-electron chi connectivity index (χ3n) is 4.07. The van der Waals surface area contributed by atoms with Crippen LogP contribution in [0.4, 0.5) is 0 Å². The number of unbranched alkanes of at least 4 members (excludes halogenated alkanes) is 1. The molecule has 110 valence electrons. The minimum absolute atomic E-state index is 1.16. The fourth-order valence-corrected chi connectivity index (χ4v) is 2.85. The maximum Gasteiger partial charge on any atom is -0.0103 e. The second-order valence-corrected chi connectivity index (χ2v) is 5.72. The van der Waals surface area contributed by atoms with E-state index in [0.717, 1.165) is 6.42 Å². The highest BCUT2D eigenvalue weighted by molar-refractivity contribution is 5.83. The van der Waals surface area contributed by atoms with Gasteiger partial charge in [0.25, 0.3) is 0 Å². The van der Waals surface area contributed by atoms with Gasteiger partial charge < -0.3 is 0 Å². The van der Waals surface area contributed by atoms with Gasteiger partial charge in [0.15, 0.2) is 0 Å². The number of rotatable bonds is 5. The number of aryl methyl sites for hydroxylation is 1. The van der Waals surface area contributed by atoms with Gasteiger partial charge in [-0.1, -0.05) is 92.2 Å². The van der Waals surface area contributed by atoms with E-state index >= 15 is 0 Å². The van der Waals surface area contributed by atoms with Gasteiger partial charge in [-0.05, 0) is 40.7 Å².